The third-order valence-electron chi connectivity index (χ3n) is 2.07. The number of allylic oxidation sites excluding steroid dienone is 4. The van der Waals surface area contributed by atoms with Crippen molar-refractivity contribution in [1.29, 1.82) is 0 Å². The second kappa shape index (κ2) is 4.99. The molecule has 0 aromatic heterocycles. The van der Waals surface area contributed by atoms with E-state index in [0.717, 1.165) is 10.1 Å². The minimum absolute atomic E-state index is 0.0714. The van der Waals surface area contributed by atoms with Gasteiger partial charge in [-0.1, -0.05) is 29.4 Å². The molecule has 0 spiro atoms. The van der Waals surface area contributed by atoms with E-state index in [2.05, 4.69) is 43.2 Å². The lowest BCUT2D eigenvalue weighted by Crippen LogP contribution is -2.15. The molecule has 1 aliphatic carbocycles. The molecule has 1 aliphatic rings. The summed E-state index contributed by atoms with van der Waals surface area (Å²) in [7, 11) is 1.27. The van der Waals surface area contributed by atoms with Crippen LogP contribution in [0.15, 0.2) is 33.0 Å². The van der Waals surface area contributed by atoms with Gasteiger partial charge in [0.1, 0.15) is 5.76 Å². The first-order valence-corrected chi connectivity index (χ1v) is 5.77. The lowest BCUT2D eigenvalue weighted by atomic mass is 9.96. The van der Waals surface area contributed by atoms with Gasteiger partial charge >= 0.3 is 6.16 Å². The van der Waals surface area contributed by atoms with E-state index in [4.69, 9.17) is 4.74 Å². The molecule has 15 heavy (non-hydrogen) atoms. The summed E-state index contributed by atoms with van der Waals surface area (Å²) in [6, 6.07) is 0. The van der Waals surface area contributed by atoms with Gasteiger partial charge in [0.2, 0.25) is 0 Å². The monoisotopic (exact) mass is 336 g/mol. The van der Waals surface area contributed by atoms with Gasteiger partial charge in [0, 0.05) is 10.4 Å². The zero-order valence-electron chi connectivity index (χ0n) is 8.34. The first-order valence-electron chi connectivity index (χ1n) is 4.19. The summed E-state index contributed by atoms with van der Waals surface area (Å²) in [5.74, 6) is 0.438. The smallest absolute Gasteiger partial charge is 0.437 e. The Balaban J connectivity index is 2.99. The number of halogens is 2. The molecule has 5 heteroatoms. The van der Waals surface area contributed by atoms with E-state index in [1.54, 1.807) is 6.08 Å². The fourth-order valence-corrected chi connectivity index (χ4v) is 2.65. The molecule has 0 aliphatic heterocycles. The Kier molecular flexibility index (Phi) is 4.16. The predicted molar refractivity (Wildman–Crippen MR) is 64.8 cm³/mol. The molecule has 0 saturated carbocycles. The Morgan fingerprint density at radius 2 is 2.13 bits per heavy atom. The van der Waals surface area contributed by atoms with Crippen LogP contribution in [0.4, 0.5) is 4.79 Å². The molecule has 0 amide bonds. The van der Waals surface area contributed by atoms with Crippen LogP contribution in [0.2, 0.25) is 0 Å². The first kappa shape index (κ1) is 12.5. The maximum Gasteiger partial charge on any atom is 0.513 e. The van der Waals surface area contributed by atoms with Crippen molar-refractivity contribution in [1.82, 2.24) is 0 Å². The van der Waals surface area contributed by atoms with Gasteiger partial charge in [-0.05, 0) is 27.6 Å². The van der Waals surface area contributed by atoms with Crippen LogP contribution in [0.5, 0.6) is 0 Å². The van der Waals surface area contributed by atoms with E-state index in [0.29, 0.717) is 10.2 Å². The van der Waals surface area contributed by atoms with Crippen LogP contribution in [0.1, 0.15) is 6.92 Å². The number of carbonyl (C=O) groups excluding carboxylic acids is 1. The molecule has 1 atom stereocenters. The molecule has 0 heterocycles. The summed E-state index contributed by atoms with van der Waals surface area (Å²) in [6.45, 7) is 5.79. The average molecular weight is 338 g/mol. The van der Waals surface area contributed by atoms with Crippen LogP contribution in [0.25, 0.3) is 0 Å². The van der Waals surface area contributed by atoms with E-state index in [9.17, 15) is 4.79 Å². The summed E-state index contributed by atoms with van der Waals surface area (Å²) in [4.78, 5) is 11.0. The van der Waals surface area contributed by atoms with Gasteiger partial charge in [0.15, 0.2) is 0 Å². The van der Waals surface area contributed by atoms with Crippen molar-refractivity contribution in [2.45, 2.75) is 6.92 Å². The summed E-state index contributed by atoms with van der Waals surface area (Å²) < 4.78 is 11.1. The molecule has 0 bridgehead atoms. The SMILES string of the molecule is C=C1C(Br)=CC(Br)=C(OC(=O)OC)C1C. The molecule has 0 N–H and O–H groups in total. The number of rotatable bonds is 1. The zero-order valence-corrected chi connectivity index (χ0v) is 11.5. The third kappa shape index (κ3) is 2.72. The van der Waals surface area contributed by atoms with Crippen LogP contribution >= 0.6 is 31.9 Å². The Morgan fingerprint density at radius 1 is 1.53 bits per heavy atom. The van der Waals surface area contributed by atoms with Gasteiger partial charge in [-0.2, -0.15) is 0 Å². The largest absolute Gasteiger partial charge is 0.513 e. The molecular formula is C10H10Br2O3. The number of hydrogen-bond donors (Lipinski definition) is 0. The fourth-order valence-electron chi connectivity index (χ4n) is 1.12. The summed E-state index contributed by atoms with van der Waals surface area (Å²) in [5, 5.41) is 0. The van der Waals surface area contributed by atoms with Crippen molar-refractivity contribution < 1.29 is 14.3 Å². The van der Waals surface area contributed by atoms with Crippen molar-refractivity contribution in [2.75, 3.05) is 7.11 Å². The maximum absolute atomic E-state index is 11.0. The molecule has 0 aromatic rings. The Labute approximate surface area is 105 Å². The van der Waals surface area contributed by atoms with Crippen LogP contribution in [-0.2, 0) is 9.47 Å². The highest BCUT2D eigenvalue weighted by atomic mass is 79.9. The lowest BCUT2D eigenvalue weighted by Gasteiger charge is -2.22. The zero-order chi connectivity index (χ0) is 11.6. The molecule has 82 valence electrons. The topological polar surface area (TPSA) is 35.5 Å². The Hall–Kier alpha value is -0.550. The number of hydrogen-bond acceptors (Lipinski definition) is 3. The van der Waals surface area contributed by atoms with E-state index >= 15 is 0 Å². The Bertz CT molecular complexity index is 369. The summed E-state index contributed by atoms with van der Waals surface area (Å²) in [5.41, 5.74) is 0.858. The van der Waals surface area contributed by atoms with Crippen molar-refractivity contribution in [3.05, 3.63) is 33.0 Å². The highest BCUT2D eigenvalue weighted by molar-refractivity contribution is 9.12. The molecule has 0 fully saturated rings. The molecule has 0 radical (unpaired) electrons. The van der Waals surface area contributed by atoms with Crippen LogP contribution in [0.3, 0.4) is 0 Å². The average Bonchev–Trinajstić information content (AvgIpc) is 2.21. The van der Waals surface area contributed by atoms with E-state index in [-0.39, 0.29) is 5.92 Å². The molecule has 0 saturated heterocycles. The van der Waals surface area contributed by atoms with Crippen LogP contribution < -0.4 is 0 Å². The third-order valence-corrected chi connectivity index (χ3v) is 3.43. The van der Waals surface area contributed by atoms with E-state index < -0.39 is 6.16 Å². The summed E-state index contributed by atoms with van der Waals surface area (Å²) >= 11 is 6.69. The lowest BCUT2D eigenvalue weighted by molar-refractivity contribution is 0.0913. The van der Waals surface area contributed by atoms with Gasteiger partial charge in [-0.15, -0.1) is 0 Å². The van der Waals surface area contributed by atoms with Crippen molar-refractivity contribution >= 4 is 38.0 Å². The van der Waals surface area contributed by atoms with Crippen LogP contribution in [0, 0.1) is 5.92 Å². The quantitative estimate of drug-likeness (QED) is 0.681. The Morgan fingerprint density at radius 3 is 2.67 bits per heavy atom. The summed E-state index contributed by atoms with van der Waals surface area (Å²) in [6.07, 6.45) is 1.06. The van der Waals surface area contributed by atoms with Crippen molar-refractivity contribution in [2.24, 2.45) is 5.92 Å². The highest BCUT2D eigenvalue weighted by Gasteiger charge is 2.25. The van der Waals surface area contributed by atoms with Gasteiger partial charge in [-0.25, -0.2) is 4.79 Å². The fraction of sp³-hybridized carbons (Fsp3) is 0.300. The molecule has 3 nitrogen and oxygen atoms in total. The highest BCUT2D eigenvalue weighted by Crippen LogP contribution is 2.38. The normalized spacial score (nSPS) is 21.2. The molecular weight excluding hydrogens is 328 g/mol. The van der Waals surface area contributed by atoms with Crippen molar-refractivity contribution in [3.8, 4) is 0 Å². The standard InChI is InChI=1S/C10H10Br2O3/c1-5-6(2)9(15-10(13)14-3)8(12)4-7(5)11/h4,6H,1H2,2-3H3. The molecule has 0 aromatic carbocycles. The van der Waals surface area contributed by atoms with Gasteiger partial charge in [-0.3, -0.25) is 0 Å². The van der Waals surface area contributed by atoms with Gasteiger partial charge < -0.3 is 9.47 Å². The first-order chi connectivity index (χ1) is 6.97. The number of methoxy groups -OCH3 is 1. The number of ether oxygens (including phenoxy) is 2. The van der Waals surface area contributed by atoms with Crippen LogP contribution in [-0.4, -0.2) is 13.3 Å². The molecule has 1 unspecified atom stereocenters. The minimum Gasteiger partial charge on any atom is -0.437 e. The van der Waals surface area contributed by atoms with E-state index in [1.807, 2.05) is 6.92 Å². The van der Waals surface area contributed by atoms with Gasteiger partial charge in [0.25, 0.3) is 0 Å². The number of carbonyl (C=O) groups is 1. The second-order valence-corrected chi connectivity index (χ2v) is 4.72. The van der Waals surface area contributed by atoms with Gasteiger partial charge in [0.05, 0.1) is 11.6 Å². The second-order valence-electron chi connectivity index (χ2n) is 3.01. The maximum atomic E-state index is 11.0. The van der Waals surface area contributed by atoms with Crippen molar-refractivity contribution in [3.63, 3.8) is 0 Å². The van der Waals surface area contributed by atoms with E-state index in [1.165, 1.54) is 7.11 Å². The minimum atomic E-state index is -0.729. The predicted octanol–water partition coefficient (Wildman–Crippen LogP) is 3.86. The molecule has 1 rings (SSSR count).